The SMILES string of the molecule is Cc1ccc(S(=O)(=O)N(CC(=O)Nc2ccc(F)cc2F)c2ccc(Cl)cc2C)cc1. The van der Waals surface area contributed by atoms with E-state index in [0.717, 1.165) is 22.0 Å². The molecular formula is C22H19ClF2N2O3S. The summed E-state index contributed by atoms with van der Waals surface area (Å²) < 4.78 is 54.7. The van der Waals surface area contributed by atoms with Crippen molar-refractivity contribution >= 4 is 38.9 Å². The molecule has 0 saturated heterocycles. The van der Waals surface area contributed by atoms with E-state index >= 15 is 0 Å². The lowest BCUT2D eigenvalue weighted by Crippen LogP contribution is -2.38. The first-order valence-electron chi connectivity index (χ1n) is 9.18. The van der Waals surface area contributed by atoms with Gasteiger partial charge < -0.3 is 5.32 Å². The molecular weight excluding hydrogens is 446 g/mol. The van der Waals surface area contributed by atoms with E-state index in [0.29, 0.717) is 16.7 Å². The third-order valence-electron chi connectivity index (χ3n) is 4.53. The van der Waals surface area contributed by atoms with Gasteiger partial charge in [0.05, 0.1) is 16.3 Å². The standard InChI is InChI=1S/C22H19ClF2N2O3S/c1-14-3-7-18(8-4-14)31(29,30)27(21-10-5-16(23)11-15(21)2)13-22(28)26-20-9-6-17(24)12-19(20)25/h3-12H,13H2,1-2H3,(H,26,28). The summed E-state index contributed by atoms with van der Waals surface area (Å²) in [5.41, 5.74) is 1.40. The monoisotopic (exact) mass is 464 g/mol. The second-order valence-electron chi connectivity index (χ2n) is 6.93. The van der Waals surface area contributed by atoms with Gasteiger partial charge in [-0.15, -0.1) is 0 Å². The Hall–Kier alpha value is -2.97. The molecule has 1 amide bonds. The van der Waals surface area contributed by atoms with E-state index in [-0.39, 0.29) is 16.3 Å². The second-order valence-corrected chi connectivity index (χ2v) is 9.23. The second kappa shape index (κ2) is 9.03. The largest absolute Gasteiger partial charge is 0.322 e. The number of aryl methyl sites for hydroxylation is 2. The van der Waals surface area contributed by atoms with E-state index in [1.807, 2.05) is 6.92 Å². The van der Waals surface area contributed by atoms with Crippen LogP contribution in [0.25, 0.3) is 0 Å². The molecule has 0 bridgehead atoms. The molecule has 0 saturated carbocycles. The van der Waals surface area contributed by atoms with E-state index in [9.17, 15) is 22.0 Å². The highest BCUT2D eigenvalue weighted by molar-refractivity contribution is 7.92. The molecule has 3 aromatic carbocycles. The normalized spacial score (nSPS) is 11.3. The van der Waals surface area contributed by atoms with E-state index in [2.05, 4.69) is 5.32 Å². The third-order valence-corrected chi connectivity index (χ3v) is 6.54. The Morgan fingerprint density at radius 3 is 2.29 bits per heavy atom. The number of carbonyl (C=O) groups is 1. The highest BCUT2D eigenvalue weighted by Gasteiger charge is 2.28. The van der Waals surface area contributed by atoms with E-state index in [4.69, 9.17) is 11.6 Å². The lowest BCUT2D eigenvalue weighted by atomic mass is 10.2. The minimum atomic E-state index is -4.13. The Labute approximate surface area is 184 Å². The number of halogens is 3. The number of carbonyl (C=O) groups excluding carboxylic acids is 1. The Morgan fingerprint density at radius 2 is 1.68 bits per heavy atom. The molecule has 1 N–H and O–H groups in total. The zero-order valence-corrected chi connectivity index (χ0v) is 18.3. The number of rotatable bonds is 6. The summed E-state index contributed by atoms with van der Waals surface area (Å²) in [6.45, 7) is 2.86. The summed E-state index contributed by atoms with van der Waals surface area (Å²) in [6.07, 6.45) is 0. The predicted molar refractivity (Wildman–Crippen MR) is 117 cm³/mol. The van der Waals surface area contributed by atoms with Crippen molar-refractivity contribution in [2.24, 2.45) is 0 Å². The van der Waals surface area contributed by atoms with Crippen LogP contribution in [0.1, 0.15) is 11.1 Å². The summed E-state index contributed by atoms with van der Waals surface area (Å²) in [6, 6.07) is 13.4. The van der Waals surface area contributed by atoms with Crippen molar-refractivity contribution in [3.63, 3.8) is 0 Å². The molecule has 5 nitrogen and oxygen atoms in total. The molecule has 3 aromatic rings. The molecule has 3 rings (SSSR count). The summed E-state index contributed by atoms with van der Waals surface area (Å²) in [4.78, 5) is 12.6. The molecule has 0 atom stereocenters. The quantitative estimate of drug-likeness (QED) is 0.554. The Morgan fingerprint density at radius 1 is 1.00 bits per heavy atom. The van der Waals surface area contributed by atoms with Gasteiger partial charge in [-0.3, -0.25) is 9.10 Å². The molecule has 0 aliphatic carbocycles. The molecule has 0 fully saturated rings. The first-order valence-corrected chi connectivity index (χ1v) is 11.0. The Kier molecular flexibility index (Phi) is 6.62. The van der Waals surface area contributed by atoms with Crippen LogP contribution in [0, 0.1) is 25.5 Å². The van der Waals surface area contributed by atoms with E-state index in [1.165, 1.54) is 24.3 Å². The number of anilines is 2. The van der Waals surface area contributed by atoms with Crippen LogP contribution in [0.15, 0.2) is 65.6 Å². The van der Waals surface area contributed by atoms with Crippen LogP contribution in [0.2, 0.25) is 5.02 Å². The van der Waals surface area contributed by atoms with Crippen molar-refractivity contribution in [2.75, 3.05) is 16.2 Å². The van der Waals surface area contributed by atoms with Crippen LogP contribution in [0.3, 0.4) is 0 Å². The van der Waals surface area contributed by atoms with Crippen molar-refractivity contribution in [3.05, 3.63) is 88.4 Å². The molecule has 31 heavy (non-hydrogen) atoms. The average molecular weight is 465 g/mol. The van der Waals surface area contributed by atoms with Crippen molar-refractivity contribution < 1.29 is 22.0 Å². The third kappa shape index (κ3) is 5.21. The van der Waals surface area contributed by atoms with Gasteiger partial charge in [0.25, 0.3) is 10.0 Å². The van der Waals surface area contributed by atoms with Gasteiger partial charge >= 0.3 is 0 Å². The summed E-state index contributed by atoms with van der Waals surface area (Å²) in [7, 11) is -4.13. The molecule has 0 spiro atoms. The lowest BCUT2D eigenvalue weighted by molar-refractivity contribution is -0.114. The van der Waals surface area contributed by atoms with Crippen LogP contribution in [-0.2, 0) is 14.8 Å². The van der Waals surface area contributed by atoms with Gasteiger partial charge in [-0.05, 0) is 61.9 Å². The number of nitrogens with zero attached hydrogens (tertiary/aromatic N) is 1. The zero-order chi connectivity index (χ0) is 22.8. The number of benzene rings is 3. The van der Waals surface area contributed by atoms with E-state index in [1.54, 1.807) is 25.1 Å². The molecule has 0 radical (unpaired) electrons. The Balaban J connectivity index is 1.99. The minimum Gasteiger partial charge on any atom is -0.322 e. The summed E-state index contributed by atoms with van der Waals surface area (Å²) in [5.74, 6) is -2.56. The number of amides is 1. The molecule has 0 unspecified atom stereocenters. The summed E-state index contributed by atoms with van der Waals surface area (Å²) >= 11 is 5.99. The predicted octanol–water partition coefficient (Wildman–Crippen LogP) is 5.07. The van der Waals surface area contributed by atoms with Crippen molar-refractivity contribution in [3.8, 4) is 0 Å². The topological polar surface area (TPSA) is 66.5 Å². The number of hydrogen-bond donors (Lipinski definition) is 1. The maximum Gasteiger partial charge on any atom is 0.264 e. The zero-order valence-electron chi connectivity index (χ0n) is 16.7. The van der Waals surface area contributed by atoms with Gasteiger partial charge in [-0.2, -0.15) is 0 Å². The van der Waals surface area contributed by atoms with Gasteiger partial charge in [0.1, 0.15) is 18.2 Å². The maximum atomic E-state index is 13.9. The fourth-order valence-corrected chi connectivity index (χ4v) is 4.66. The smallest absolute Gasteiger partial charge is 0.264 e. The highest BCUT2D eigenvalue weighted by Crippen LogP contribution is 2.29. The molecule has 0 aliphatic heterocycles. The maximum absolute atomic E-state index is 13.9. The van der Waals surface area contributed by atoms with Gasteiger partial charge in [0.15, 0.2) is 0 Å². The van der Waals surface area contributed by atoms with Crippen LogP contribution in [0.5, 0.6) is 0 Å². The lowest BCUT2D eigenvalue weighted by Gasteiger charge is -2.26. The van der Waals surface area contributed by atoms with Gasteiger partial charge in [0.2, 0.25) is 5.91 Å². The van der Waals surface area contributed by atoms with Gasteiger partial charge in [0, 0.05) is 11.1 Å². The van der Waals surface area contributed by atoms with Crippen LogP contribution in [0.4, 0.5) is 20.2 Å². The van der Waals surface area contributed by atoms with Crippen molar-refractivity contribution in [1.82, 2.24) is 0 Å². The highest BCUT2D eigenvalue weighted by atomic mass is 35.5. The molecule has 162 valence electrons. The van der Waals surface area contributed by atoms with Crippen molar-refractivity contribution in [1.29, 1.82) is 0 Å². The van der Waals surface area contributed by atoms with Crippen LogP contribution in [-0.4, -0.2) is 20.9 Å². The number of hydrogen-bond acceptors (Lipinski definition) is 3. The first-order chi connectivity index (χ1) is 14.6. The molecule has 0 aliphatic rings. The van der Waals surface area contributed by atoms with Gasteiger partial charge in [-0.25, -0.2) is 17.2 Å². The van der Waals surface area contributed by atoms with Crippen LogP contribution >= 0.6 is 11.6 Å². The van der Waals surface area contributed by atoms with Crippen molar-refractivity contribution in [2.45, 2.75) is 18.7 Å². The van der Waals surface area contributed by atoms with Crippen LogP contribution < -0.4 is 9.62 Å². The molecule has 0 heterocycles. The first kappa shape index (κ1) is 22.7. The fourth-order valence-electron chi connectivity index (χ4n) is 2.95. The fraction of sp³-hybridized carbons (Fsp3) is 0.136. The van der Waals surface area contributed by atoms with Gasteiger partial charge in [-0.1, -0.05) is 29.3 Å². The molecule has 9 heteroatoms. The average Bonchev–Trinajstić information content (AvgIpc) is 2.69. The molecule has 0 aromatic heterocycles. The van der Waals surface area contributed by atoms with E-state index < -0.39 is 34.1 Å². The number of sulfonamides is 1. The minimum absolute atomic E-state index is 0.00628. The summed E-state index contributed by atoms with van der Waals surface area (Å²) in [5, 5.41) is 2.70. The number of nitrogens with one attached hydrogen (secondary N) is 1. The Bertz CT molecular complexity index is 1230.